The van der Waals surface area contributed by atoms with Gasteiger partial charge in [0.15, 0.2) is 0 Å². The summed E-state index contributed by atoms with van der Waals surface area (Å²) in [4.78, 5) is 17.4. The summed E-state index contributed by atoms with van der Waals surface area (Å²) in [6.45, 7) is 7.84. The average Bonchev–Trinajstić information content (AvgIpc) is 3.27. The molecule has 36 heavy (non-hydrogen) atoms. The molecule has 1 heterocycles. The third-order valence-corrected chi connectivity index (χ3v) is 6.25. The number of rotatable bonds is 11. The Hall–Kier alpha value is -3.86. The molecule has 1 unspecified atom stereocenters. The van der Waals surface area contributed by atoms with Gasteiger partial charge in [-0.2, -0.15) is 0 Å². The molecule has 0 saturated carbocycles. The molecule has 1 aromatic heterocycles. The standard InChI is InChI=1S/C31H35N3O2/c1-23(2)26-16-18-27(19-17-26)36-22-10-9-21-34-29-14-8-7-13-28(29)33-31(34)24(3)32-30(35)20-15-25-11-5-4-6-12-25/h4-8,11-20,23-24H,9-10,21-22H2,1-3H3,(H,32,35)/b20-15-. The first-order valence-electron chi connectivity index (χ1n) is 12.7. The van der Waals surface area contributed by atoms with Crippen LogP contribution in [0.25, 0.3) is 17.1 Å². The van der Waals surface area contributed by atoms with Gasteiger partial charge in [-0.05, 0) is 67.2 Å². The number of carbonyl (C=O) groups is 1. The van der Waals surface area contributed by atoms with Gasteiger partial charge in [0.1, 0.15) is 11.6 Å². The monoisotopic (exact) mass is 481 g/mol. The molecule has 0 saturated heterocycles. The van der Waals surface area contributed by atoms with Gasteiger partial charge in [-0.3, -0.25) is 4.79 Å². The van der Waals surface area contributed by atoms with Crippen molar-refractivity contribution in [3.63, 3.8) is 0 Å². The van der Waals surface area contributed by atoms with Crippen molar-refractivity contribution in [1.29, 1.82) is 0 Å². The molecule has 4 aromatic rings. The van der Waals surface area contributed by atoms with E-state index in [1.807, 2.05) is 73.7 Å². The van der Waals surface area contributed by atoms with Crippen molar-refractivity contribution in [1.82, 2.24) is 14.9 Å². The SMILES string of the molecule is CC(C)c1ccc(OCCCCn2c(C(C)NC(=O)/C=C\c3ccccc3)nc3ccccc32)cc1. The van der Waals surface area contributed by atoms with E-state index in [1.54, 1.807) is 6.08 Å². The van der Waals surface area contributed by atoms with Crippen molar-refractivity contribution in [3.8, 4) is 5.75 Å². The number of aromatic nitrogens is 2. The maximum absolute atomic E-state index is 12.6. The number of benzene rings is 3. The summed E-state index contributed by atoms with van der Waals surface area (Å²) < 4.78 is 8.17. The number of ether oxygens (including phenoxy) is 1. The van der Waals surface area contributed by atoms with Crippen molar-refractivity contribution >= 4 is 23.0 Å². The van der Waals surface area contributed by atoms with Crippen LogP contribution in [0.3, 0.4) is 0 Å². The molecule has 0 spiro atoms. The molecular weight excluding hydrogens is 446 g/mol. The minimum atomic E-state index is -0.221. The summed E-state index contributed by atoms with van der Waals surface area (Å²) >= 11 is 0. The van der Waals surface area contributed by atoms with Gasteiger partial charge >= 0.3 is 0 Å². The number of nitrogens with zero attached hydrogens (tertiary/aromatic N) is 2. The zero-order valence-electron chi connectivity index (χ0n) is 21.4. The third-order valence-electron chi connectivity index (χ3n) is 6.25. The fourth-order valence-electron chi connectivity index (χ4n) is 4.23. The molecule has 0 aliphatic carbocycles. The van der Waals surface area contributed by atoms with Crippen LogP contribution in [-0.4, -0.2) is 22.1 Å². The number of amides is 1. The Morgan fingerprint density at radius 1 is 0.944 bits per heavy atom. The Morgan fingerprint density at radius 3 is 2.42 bits per heavy atom. The largest absolute Gasteiger partial charge is 0.494 e. The fraction of sp³-hybridized carbons (Fsp3) is 0.290. The van der Waals surface area contributed by atoms with Gasteiger partial charge in [-0.25, -0.2) is 4.98 Å². The number of nitrogens with one attached hydrogen (secondary N) is 1. The lowest BCUT2D eigenvalue weighted by molar-refractivity contribution is -0.117. The highest BCUT2D eigenvalue weighted by Crippen LogP contribution is 2.22. The van der Waals surface area contributed by atoms with E-state index in [9.17, 15) is 4.79 Å². The molecule has 0 bridgehead atoms. The molecule has 0 aliphatic heterocycles. The van der Waals surface area contributed by atoms with E-state index in [0.29, 0.717) is 12.5 Å². The molecule has 0 fully saturated rings. The van der Waals surface area contributed by atoms with Crippen molar-refractivity contribution in [2.24, 2.45) is 0 Å². The van der Waals surface area contributed by atoms with Crippen LogP contribution in [-0.2, 0) is 11.3 Å². The summed E-state index contributed by atoms with van der Waals surface area (Å²) in [6.07, 6.45) is 5.27. The van der Waals surface area contributed by atoms with Crippen molar-refractivity contribution in [2.75, 3.05) is 6.61 Å². The van der Waals surface area contributed by atoms with Crippen LogP contribution in [0.15, 0.2) is 84.9 Å². The molecule has 186 valence electrons. The first-order valence-corrected chi connectivity index (χ1v) is 12.7. The van der Waals surface area contributed by atoms with Crippen LogP contribution >= 0.6 is 0 Å². The Labute approximate surface area is 213 Å². The first kappa shape index (κ1) is 25.2. The van der Waals surface area contributed by atoms with Crippen molar-refractivity contribution in [2.45, 2.75) is 52.1 Å². The van der Waals surface area contributed by atoms with Crippen LogP contribution < -0.4 is 10.1 Å². The summed E-state index contributed by atoms with van der Waals surface area (Å²) in [6, 6.07) is 26.1. The normalized spacial score (nSPS) is 12.3. The van der Waals surface area contributed by atoms with Gasteiger partial charge in [0.05, 0.1) is 23.7 Å². The second-order valence-electron chi connectivity index (χ2n) is 9.36. The van der Waals surface area contributed by atoms with E-state index in [-0.39, 0.29) is 11.9 Å². The molecule has 0 aliphatic rings. The van der Waals surface area contributed by atoms with Crippen molar-refractivity contribution in [3.05, 3.63) is 102 Å². The lowest BCUT2D eigenvalue weighted by atomic mass is 10.0. The topological polar surface area (TPSA) is 56.1 Å². The van der Waals surface area contributed by atoms with Gasteiger partial charge < -0.3 is 14.6 Å². The Morgan fingerprint density at radius 2 is 1.67 bits per heavy atom. The maximum atomic E-state index is 12.6. The molecule has 3 aromatic carbocycles. The maximum Gasteiger partial charge on any atom is 0.244 e. The first-order chi connectivity index (χ1) is 17.5. The summed E-state index contributed by atoms with van der Waals surface area (Å²) in [7, 11) is 0. The molecule has 4 rings (SSSR count). The van der Waals surface area contributed by atoms with Gasteiger partial charge in [0.2, 0.25) is 5.91 Å². The van der Waals surface area contributed by atoms with Crippen LogP contribution in [0, 0.1) is 0 Å². The molecule has 1 N–H and O–H groups in total. The minimum absolute atomic E-state index is 0.137. The summed E-state index contributed by atoms with van der Waals surface area (Å²) in [5.74, 6) is 2.16. The second-order valence-corrected chi connectivity index (χ2v) is 9.36. The van der Waals surface area contributed by atoms with Gasteiger partial charge in [0, 0.05) is 12.6 Å². The summed E-state index contributed by atoms with van der Waals surface area (Å²) in [5, 5.41) is 3.07. The highest BCUT2D eigenvalue weighted by molar-refractivity contribution is 5.92. The van der Waals surface area contributed by atoms with E-state index in [2.05, 4.69) is 41.9 Å². The predicted octanol–water partition coefficient (Wildman–Crippen LogP) is 6.91. The number of hydrogen-bond acceptors (Lipinski definition) is 3. The lowest BCUT2D eigenvalue weighted by Gasteiger charge is -2.16. The smallest absolute Gasteiger partial charge is 0.244 e. The van der Waals surface area contributed by atoms with Crippen molar-refractivity contribution < 1.29 is 9.53 Å². The summed E-state index contributed by atoms with van der Waals surface area (Å²) in [5.41, 5.74) is 4.33. The Bertz CT molecular complexity index is 1290. The number of para-hydroxylation sites is 2. The molecule has 1 atom stereocenters. The minimum Gasteiger partial charge on any atom is -0.494 e. The highest BCUT2D eigenvalue weighted by atomic mass is 16.5. The van der Waals surface area contributed by atoms with Crippen LogP contribution in [0.1, 0.15) is 62.5 Å². The zero-order chi connectivity index (χ0) is 25.3. The van der Waals surface area contributed by atoms with Gasteiger partial charge in [0.25, 0.3) is 0 Å². The fourth-order valence-corrected chi connectivity index (χ4v) is 4.23. The molecule has 5 nitrogen and oxygen atoms in total. The van der Waals surface area contributed by atoms with E-state index in [0.717, 1.165) is 47.6 Å². The van der Waals surface area contributed by atoms with Crippen LogP contribution in [0.4, 0.5) is 0 Å². The van der Waals surface area contributed by atoms with Crippen LogP contribution in [0.2, 0.25) is 0 Å². The Kier molecular flexibility index (Phi) is 8.56. The number of aryl methyl sites for hydroxylation is 1. The van der Waals surface area contributed by atoms with Crippen LogP contribution in [0.5, 0.6) is 5.75 Å². The number of fused-ring (bicyclic) bond motifs is 1. The number of hydrogen-bond donors (Lipinski definition) is 1. The number of carbonyl (C=O) groups excluding carboxylic acids is 1. The second kappa shape index (κ2) is 12.2. The van der Waals surface area contributed by atoms with E-state index >= 15 is 0 Å². The molecule has 1 amide bonds. The quantitative estimate of drug-likeness (QED) is 0.187. The van der Waals surface area contributed by atoms with Gasteiger partial charge in [-0.1, -0.05) is 68.4 Å². The number of imidazole rings is 1. The van der Waals surface area contributed by atoms with E-state index in [4.69, 9.17) is 9.72 Å². The number of unbranched alkanes of at least 4 members (excludes halogenated alkanes) is 1. The molecular formula is C31H35N3O2. The Balaban J connectivity index is 1.36. The highest BCUT2D eigenvalue weighted by Gasteiger charge is 2.17. The lowest BCUT2D eigenvalue weighted by Crippen LogP contribution is -2.27. The molecule has 0 radical (unpaired) electrons. The van der Waals surface area contributed by atoms with Gasteiger partial charge in [-0.15, -0.1) is 0 Å². The van der Waals surface area contributed by atoms with E-state index in [1.165, 1.54) is 5.56 Å². The molecule has 5 heteroatoms. The predicted molar refractivity (Wildman–Crippen MR) is 147 cm³/mol. The zero-order valence-corrected chi connectivity index (χ0v) is 21.4. The average molecular weight is 482 g/mol. The van der Waals surface area contributed by atoms with E-state index < -0.39 is 0 Å². The third kappa shape index (κ3) is 6.63.